The van der Waals surface area contributed by atoms with Crippen LogP contribution < -0.4 is 10.1 Å². The van der Waals surface area contributed by atoms with Gasteiger partial charge in [0.1, 0.15) is 29.8 Å². The molecule has 0 aliphatic heterocycles. The molecule has 0 saturated carbocycles. The van der Waals surface area contributed by atoms with Gasteiger partial charge >= 0.3 is 0 Å². The molecule has 1 N–H and O–H groups in total. The molecule has 1 aromatic heterocycles. The minimum atomic E-state index is -0.444. The van der Waals surface area contributed by atoms with Crippen LogP contribution in [0.15, 0.2) is 58.6 Å². The molecule has 0 unspecified atom stereocenters. The lowest BCUT2D eigenvalue weighted by Gasteiger charge is -2.08. The lowest BCUT2D eigenvalue weighted by atomic mass is 10.1. The van der Waals surface area contributed by atoms with Gasteiger partial charge in [-0.1, -0.05) is 35.5 Å². The Labute approximate surface area is 169 Å². The lowest BCUT2D eigenvalue weighted by molar-refractivity contribution is -0.112. The molecule has 0 bridgehead atoms. The number of carbonyl (C=O) groups excluding carboxylic acids is 1. The van der Waals surface area contributed by atoms with Crippen molar-refractivity contribution in [1.82, 2.24) is 5.16 Å². The van der Waals surface area contributed by atoms with Crippen LogP contribution >= 0.6 is 0 Å². The van der Waals surface area contributed by atoms with Crippen molar-refractivity contribution in [3.63, 3.8) is 0 Å². The number of aryl methyl sites for hydroxylation is 3. The van der Waals surface area contributed by atoms with Crippen molar-refractivity contribution in [2.24, 2.45) is 0 Å². The average Bonchev–Trinajstić information content (AvgIpc) is 3.04. The standard InChI is InChI=1S/C23H21N3O3/c1-15-6-4-5-7-22(15)25-23(27)19(13-24)12-18-8-10-20(11-9-18)28-14-21-16(2)26-29-17(21)3/h4-12H,14H2,1-3H3,(H,25,27)/b19-12+. The minimum Gasteiger partial charge on any atom is -0.489 e. The smallest absolute Gasteiger partial charge is 0.266 e. The number of aromatic nitrogens is 1. The highest BCUT2D eigenvalue weighted by atomic mass is 16.5. The summed E-state index contributed by atoms with van der Waals surface area (Å²) in [5.41, 5.74) is 4.09. The SMILES string of the molecule is Cc1ccccc1NC(=O)/C(C#N)=C/c1ccc(OCc2c(C)noc2C)cc1. The van der Waals surface area contributed by atoms with E-state index in [1.54, 1.807) is 36.4 Å². The molecule has 0 fully saturated rings. The van der Waals surface area contributed by atoms with E-state index in [1.165, 1.54) is 0 Å². The Kier molecular flexibility index (Phi) is 6.10. The number of rotatable bonds is 6. The zero-order valence-electron chi connectivity index (χ0n) is 16.5. The molecule has 0 saturated heterocycles. The Morgan fingerprint density at radius 1 is 1.17 bits per heavy atom. The highest BCUT2D eigenvalue weighted by Gasteiger charge is 2.11. The zero-order chi connectivity index (χ0) is 20.8. The number of anilines is 1. The molecule has 2 aromatic carbocycles. The third kappa shape index (κ3) is 4.90. The van der Waals surface area contributed by atoms with Crippen LogP contribution in [0.5, 0.6) is 5.75 Å². The first-order valence-electron chi connectivity index (χ1n) is 9.11. The summed E-state index contributed by atoms with van der Waals surface area (Å²) in [6.07, 6.45) is 1.55. The molecular formula is C23H21N3O3. The maximum Gasteiger partial charge on any atom is 0.266 e. The molecule has 146 valence electrons. The second-order valence-electron chi connectivity index (χ2n) is 6.60. The predicted molar refractivity (Wildman–Crippen MR) is 110 cm³/mol. The fraction of sp³-hybridized carbons (Fsp3) is 0.174. The van der Waals surface area contributed by atoms with Crippen molar-refractivity contribution in [2.75, 3.05) is 5.32 Å². The van der Waals surface area contributed by atoms with Gasteiger partial charge in [0.15, 0.2) is 0 Å². The minimum absolute atomic E-state index is 0.0256. The van der Waals surface area contributed by atoms with Crippen LogP contribution in [0.2, 0.25) is 0 Å². The van der Waals surface area contributed by atoms with Crippen LogP contribution in [-0.4, -0.2) is 11.1 Å². The van der Waals surface area contributed by atoms with E-state index in [-0.39, 0.29) is 5.57 Å². The normalized spacial score (nSPS) is 11.0. The van der Waals surface area contributed by atoms with E-state index in [0.717, 1.165) is 28.1 Å². The number of carbonyl (C=O) groups is 1. The summed E-state index contributed by atoms with van der Waals surface area (Å²) in [6.45, 7) is 5.97. The largest absolute Gasteiger partial charge is 0.489 e. The predicted octanol–water partition coefficient (Wildman–Crippen LogP) is 4.72. The highest BCUT2D eigenvalue weighted by Crippen LogP contribution is 2.20. The molecule has 6 nitrogen and oxygen atoms in total. The number of hydrogen-bond donors (Lipinski definition) is 1. The van der Waals surface area contributed by atoms with E-state index in [2.05, 4.69) is 10.5 Å². The van der Waals surface area contributed by atoms with Crippen LogP contribution in [0, 0.1) is 32.1 Å². The number of nitrogens with zero attached hydrogens (tertiary/aromatic N) is 2. The molecule has 0 spiro atoms. The van der Waals surface area contributed by atoms with E-state index >= 15 is 0 Å². The first-order chi connectivity index (χ1) is 14.0. The van der Waals surface area contributed by atoms with Crippen molar-refractivity contribution in [3.8, 4) is 11.8 Å². The second-order valence-corrected chi connectivity index (χ2v) is 6.60. The molecule has 0 atom stereocenters. The first-order valence-corrected chi connectivity index (χ1v) is 9.11. The zero-order valence-corrected chi connectivity index (χ0v) is 16.5. The molecular weight excluding hydrogens is 366 g/mol. The quantitative estimate of drug-likeness (QED) is 0.488. The first kappa shape index (κ1) is 19.9. The van der Waals surface area contributed by atoms with E-state index < -0.39 is 5.91 Å². The Morgan fingerprint density at radius 3 is 2.52 bits per heavy atom. The van der Waals surface area contributed by atoms with Gasteiger partial charge in [-0.3, -0.25) is 4.79 Å². The van der Waals surface area contributed by atoms with Gasteiger partial charge in [-0.25, -0.2) is 0 Å². The van der Waals surface area contributed by atoms with Crippen molar-refractivity contribution in [2.45, 2.75) is 27.4 Å². The maximum atomic E-state index is 12.4. The van der Waals surface area contributed by atoms with Gasteiger partial charge < -0.3 is 14.6 Å². The van der Waals surface area contributed by atoms with Crippen molar-refractivity contribution >= 4 is 17.7 Å². The number of benzene rings is 2. The van der Waals surface area contributed by atoms with Crippen LogP contribution in [0.3, 0.4) is 0 Å². The Balaban J connectivity index is 1.68. The lowest BCUT2D eigenvalue weighted by Crippen LogP contribution is -2.14. The van der Waals surface area contributed by atoms with Crippen molar-refractivity contribution in [1.29, 1.82) is 5.26 Å². The van der Waals surface area contributed by atoms with Gasteiger partial charge in [0.2, 0.25) is 0 Å². The fourth-order valence-electron chi connectivity index (χ4n) is 2.74. The Bertz CT molecular complexity index is 1070. The van der Waals surface area contributed by atoms with Gasteiger partial charge in [-0.05, 0) is 56.2 Å². The van der Waals surface area contributed by atoms with E-state index in [4.69, 9.17) is 9.26 Å². The summed E-state index contributed by atoms with van der Waals surface area (Å²) in [7, 11) is 0. The van der Waals surface area contributed by atoms with E-state index in [0.29, 0.717) is 18.0 Å². The van der Waals surface area contributed by atoms with Gasteiger partial charge in [-0.15, -0.1) is 0 Å². The number of amides is 1. The molecule has 0 aliphatic rings. The topological polar surface area (TPSA) is 88.2 Å². The molecule has 3 aromatic rings. The number of para-hydroxylation sites is 1. The van der Waals surface area contributed by atoms with E-state index in [1.807, 2.05) is 45.0 Å². The Hall–Kier alpha value is -3.85. The van der Waals surface area contributed by atoms with Crippen LogP contribution in [-0.2, 0) is 11.4 Å². The van der Waals surface area contributed by atoms with Gasteiger partial charge in [-0.2, -0.15) is 5.26 Å². The molecule has 1 amide bonds. The number of nitriles is 1. The van der Waals surface area contributed by atoms with Crippen molar-refractivity contribution < 1.29 is 14.1 Å². The van der Waals surface area contributed by atoms with Crippen LogP contribution in [0.4, 0.5) is 5.69 Å². The molecule has 3 rings (SSSR count). The Morgan fingerprint density at radius 2 is 1.90 bits per heavy atom. The fourth-order valence-corrected chi connectivity index (χ4v) is 2.74. The number of ether oxygens (including phenoxy) is 1. The molecule has 1 heterocycles. The van der Waals surface area contributed by atoms with Crippen LogP contribution in [0.25, 0.3) is 6.08 Å². The summed E-state index contributed by atoms with van der Waals surface area (Å²) >= 11 is 0. The van der Waals surface area contributed by atoms with Crippen LogP contribution in [0.1, 0.15) is 28.1 Å². The van der Waals surface area contributed by atoms with Gasteiger partial charge in [0.25, 0.3) is 5.91 Å². The summed E-state index contributed by atoms with van der Waals surface area (Å²) in [5.74, 6) is 0.964. The maximum absolute atomic E-state index is 12.4. The average molecular weight is 387 g/mol. The number of nitrogens with one attached hydrogen (secondary N) is 1. The molecule has 29 heavy (non-hydrogen) atoms. The van der Waals surface area contributed by atoms with Gasteiger partial charge in [0, 0.05) is 5.69 Å². The van der Waals surface area contributed by atoms with Gasteiger partial charge in [0.05, 0.1) is 11.3 Å². The molecule has 0 radical (unpaired) electrons. The van der Waals surface area contributed by atoms with E-state index in [9.17, 15) is 10.1 Å². The second kappa shape index (κ2) is 8.89. The summed E-state index contributed by atoms with van der Waals surface area (Å²) in [6, 6.07) is 16.5. The summed E-state index contributed by atoms with van der Waals surface area (Å²) in [4.78, 5) is 12.4. The number of hydrogen-bond acceptors (Lipinski definition) is 5. The third-order valence-corrected chi connectivity index (χ3v) is 4.51. The molecule has 0 aliphatic carbocycles. The summed E-state index contributed by atoms with van der Waals surface area (Å²) in [5, 5.41) is 16.1. The van der Waals surface area contributed by atoms with Crippen molar-refractivity contribution in [3.05, 3.63) is 82.2 Å². The highest BCUT2D eigenvalue weighted by molar-refractivity contribution is 6.09. The summed E-state index contributed by atoms with van der Waals surface area (Å²) < 4.78 is 10.9. The third-order valence-electron chi connectivity index (χ3n) is 4.51. The monoisotopic (exact) mass is 387 g/mol. The molecule has 6 heteroatoms.